The van der Waals surface area contributed by atoms with Gasteiger partial charge in [-0.3, -0.25) is 9.69 Å². The molecule has 0 unspecified atom stereocenters. The Balaban J connectivity index is 0.978. The number of methoxy groups -OCH3 is 1. The fourth-order valence-corrected chi connectivity index (χ4v) is 12.7. The molecule has 1 saturated carbocycles. The number of aromatic nitrogens is 4. The van der Waals surface area contributed by atoms with E-state index >= 15 is 0 Å². The largest absolute Gasteiger partial charge is 0.487 e. The molecular formula is C60H73Cl2FN6O9S. The summed E-state index contributed by atoms with van der Waals surface area (Å²) in [5, 5.41) is 12.6. The second-order valence-electron chi connectivity index (χ2n) is 20.9. The number of thiophene rings is 1. The quantitative estimate of drug-likeness (QED) is 0.0639. The minimum atomic E-state index is -0.972. The van der Waals surface area contributed by atoms with Crippen LogP contribution in [0.25, 0.3) is 31.8 Å². The van der Waals surface area contributed by atoms with Crippen LogP contribution in [-0.4, -0.2) is 153 Å². The summed E-state index contributed by atoms with van der Waals surface area (Å²) in [5.41, 5.74) is 6.86. The van der Waals surface area contributed by atoms with E-state index in [1.807, 2.05) is 26.0 Å². The normalized spacial score (nSPS) is 19.4. The summed E-state index contributed by atoms with van der Waals surface area (Å²) in [6.07, 6.45) is 8.70. The van der Waals surface area contributed by atoms with Gasteiger partial charge in [-0.25, -0.2) is 24.3 Å². The molecule has 10 rings (SSSR count). The van der Waals surface area contributed by atoms with Crippen LogP contribution in [0.2, 0.25) is 10.0 Å². The standard InChI is InChI=1S/C60H73Cl2FN6O9S/c1-38-51-39(2)55(62)56(54(38)61)78-47(34-69-21-19-68(3)20-22-69)15-9-40-10-16-50(43(31-40)32-44(60(70)71)33-49-52-53(51)57(79-59(52)66-37-65-49)41-11-13-45(63)14-12-41)77-36-46-17-18-64-58(67-46)48-8-6-5-7-42(48)35-76-30-29-75-28-27-74-26-25-73-24-23-72-4/h10-14,16-18,31,37,42,44,47-48H,5-9,15,19-30,32-36H2,1-4H3,(H,70,71)/t42-,44-,47-,48+/m0/s1. The van der Waals surface area contributed by atoms with E-state index in [1.165, 1.54) is 29.8 Å². The highest BCUT2D eigenvalue weighted by atomic mass is 35.5. The summed E-state index contributed by atoms with van der Waals surface area (Å²) in [7, 11) is 3.79. The Morgan fingerprint density at radius 3 is 2.23 bits per heavy atom. The SMILES string of the molecule is COCCOCCOCCOCCOC[C@@H]1CCCC[C@H]1c1nccc(COc2ccc3cc2C[C@H](C(=O)O)Cc2ncnc4sc(-c5ccc(F)cc5)c(c24)-c2c(C)c(Cl)c(c(Cl)c2C)O[C@H](CN2CCN(C)CC2)CC3)n1. The van der Waals surface area contributed by atoms with Crippen molar-refractivity contribution in [3.8, 4) is 33.1 Å². The van der Waals surface area contributed by atoms with Gasteiger partial charge in [-0.2, -0.15) is 0 Å². The zero-order valence-electron chi connectivity index (χ0n) is 45.8. The molecule has 1 aliphatic carbocycles. The topological polar surface area (TPSA) is 160 Å². The van der Waals surface area contributed by atoms with Gasteiger partial charge in [0.05, 0.1) is 86.8 Å². The second-order valence-corrected chi connectivity index (χ2v) is 22.7. The predicted octanol–water partition coefficient (Wildman–Crippen LogP) is 10.9. The fourth-order valence-electron chi connectivity index (χ4n) is 11.0. The van der Waals surface area contributed by atoms with Gasteiger partial charge in [0.2, 0.25) is 0 Å². The predicted molar refractivity (Wildman–Crippen MR) is 306 cm³/mol. The van der Waals surface area contributed by atoms with Crippen LogP contribution in [0.4, 0.5) is 4.39 Å². The molecule has 6 aromatic rings. The van der Waals surface area contributed by atoms with Crippen molar-refractivity contribution in [3.05, 3.63) is 116 Å². The van der Waals surface area contributed by atoms with Crippen LogP contribution < -0.4 is 9.47 Å². The monoisotopic (exact) mass is 1140 g/mol. The molecule has 424 valence electrons. The Morgan fingerprint density at radius 1 is 0.823 bits per heavy atom. The number of carbonyl (C=O) groups is 1. The van der Waals surface area contributed by atoms with E-state index in [0.29, 0.717) is 116 Å². The molecule has 4 bridgehead atoms. The molecule has 79 heavy (non-hydrogen) atoms. The van der Waals surface area contributed by atoms with E-state index in [4.69, 9.17) is 76.3 Å². The third kappa shape index (κ3) is 15.2. The lowest BCUT2D eigenvalue weighted by Crippen LogP contribution is -2.48. The van der Waals surface area contributed by atoms with E-state index in [1.54, 1.807) is 25.4 Å². The maximum Gasteiger partial charge on any atom is 0.307 e. The highest BCUT2D eigenvalue weighted by molar-refractivity contribution is 7.22. The highest BCUT2D eigenvalue weighted by Crippen LogP contribution is 2.52. The van der Waals surface area contributed by atoms with Gasteiger partial charge in [-0.05, 0) is 117 Å². The first kappa shape index (κ1) is 58.7. The van der Waals surface area contributed by atoms with Gasteiger partial charge >= 0.3 is 5.97 Å². The Kier molecular flexibility index (Phi) is 21.3. The van der Waals surface area contributed by atoms with Crippen LogP contribution in [0.5, 0.6) is 11.5 Å². The maximum atomic E-state index is 14.5. The molecule has 3 aromatic heterocycles. The molecule has 2 fully saturated rings. The minimum Gasteiger partial charge on any atom is -0.487 e. The van der Waals surface area contributed by atoms with E-state index in [-0.39, 0.29) is 43.2 Å². The summed E-state index contributed by atoms with van der Waals surface area (Å²) >= 11 is 16.3. The Labute approximate surface area is 477 Å². The Bertz CT molecular complexity index is 2950. The van der Waals surface area contributed by atoms with Gasteiger partial charge in [0.25, 0.3) is 0 Å². The molecule has 4 aliphatic rings. The van der Waals surface area contributed by atoms with Crippen LogP contribution in [0.15, 0.2) is 61.1 Å². The molecule has 0 radical (unpaired) electrons. The number of ether oxygens (including phenoxy) is 7. The zero-order chi connectivity index (χ0) is 55.3. The van der Waals surface area contributed by atoms with Gasteiger partial charge in [-0.1, -0.05) is 60.3 Å². The number of aliphatic carboxylic acids is 1. The molecular weight excluding hydrogens is 1070 g/mol. The third-order valence-corrected chi connectivity index (χ3v) is 17.5. The number of fused-ring (bicyclic) bond motifs is 7. The number of hydrogen-bond donors (Lipinski definition) is 1. The number of rotatable bonds is 22. The van der Waals surface area contributed by atoms with Crippen molar-refractivity contribution >= 4 is 50.7 Å². The molecule has 3 aromatic carbocycles. The molecule has 15 nitrogen and oxygen atoms in total. The highest BCUT2D eigenvalue weighted by Gasteiger charge is 2.33. The Hall–Kier alpha value is -4.92. The number of carboxylic acid groups (broad SMARTS) is 1. The van der Waals surface area contributed by atoms with Crippen LogP contribution in [0.3, 0.4) is 0 Å². The van der Waals surface area contributed by atoms with Gasteiger partial charge in [0, 0.05) is 74.2 Å². The van der Waals surface area contributed by atoms with E-state index in [2.05, 4.69) is 29.0 Å². The van der Waals surface area contributed by atoms with Gasteiger partial charge in [0.1, 0.15) is 41.3 Å². The number of piperazine rings is 1. The summed E-state index contributed by atoms with van der Waals surface area (Å²) in [4.78, 5) is 39.3. The van der Waals surface area contributed by atoms with Crippen LogP contribution in [0, 0.1) is 31.5 Å². The molecule has 3 aliphatic heterocycles. The lowest BCUT2D eigenvalue weighted by Gasteiger charge is -2.35. The average Bonchev–Trinajstić information content (AvgIpc) is 4.11. The summed E-state index contributed by atoms with van der Waals surface area (Å²) in [6, 6.07) is 14.3. The van der Waals surface area contributed by atoms with E-state index < -0.39 is 11.9 Å². The molecule has 6 heterocycles. The van der Waals surface area contributed by atoms with Gasteiger partial charge < -0.3 is 43.2 Å². The molecule has 0 spiro atoms. The van der Waals surface area contributed by atoms with E-state index in [0.717, 1.165) is 107 Å². The number of halogens is 3. The molecule has 1 saturated heterocycles. The lowest BCUT2D eigenvalue weighted by atomic mass is 9.79. The number of carboxylic acids is 1. The van der Waals surface area contributed by atoms with Crippen molar-refractivity contribution in [3.63, 3.8) is 0 Å². The second kappa shape index (κ2) is 28.7. The summed E-state index contributed by atoms with van der Waals surface area (Å²) in [6.45, 7) is 13.1. The van der Waals surface area contributed by atoms with Crippen molar-refractivity contribution in [2.24, 2.45) is 11.8 Å². The number of likely N-dealkylation sites (N-methyl/N-ethyl adjacent to an activating group) is 1. The minimum absolute atomic E-state index is 0.0779. The third-order valence-electron chi connectivity index (χ3n) is 15.4. The Morgan fingerprint density at radius 2 is 1.52 bits per heavy atom. The fraction of sp³-hybridized carbons (Fsp3) is 0.517. The van der Waals surface area contributed by atoms with Crippen molar-refractivity contribution in [1.82, 2.24) is 29.7 Å². The summed E-state index contributed by atoms with van der Waals surface area (Å²) < 4.78 is 56.1. The van der Waals surface area contributed by atoms with Crippen molar-refractivity contribution in [2.75, 3.05) is 106 Å². The van der Waals surface area contributed by atoms with Crippen LogP contribution in [0.1, 0.15) is 77.5 Å². The molecule has 1 N–H and O–H groups in total. The van der Waals surface area contributed by atoms with Crippen LogP contribution in [-0.2, 0) is 54.3 Å². The molecule has 0 amide bonds. The zero-order valence-corrected chi connectivity index (χ0v) is 48.1. The smallest absolute Gasteiger partial charge is 0.307 e. The first-order valence-electron chi connectivity index (χ1n) is 27.6. The van der Waals surface area contributed by atoms with Gasteiger partial charge in [0.15, 0.2) is 5.75 Å². The summed E-state index contributed by atoms with van der Waals surface area (Å²) in [5.74, 6) is -0.0708. The van der Waals surface area contributed by atoms with E-state index in [9.17, 15) is 14.3 Å². The average molecular weight is 1140 g/mol. The first-order valence-corrected chi connectivity index (χ1v) is 29.2. The van der Waals surface area contributed by atoms with Crippen LogP contribution >= 0.6 is 34.5 Å². The number of benzene rings is 3. The number of hydrogen-bond acceptors (Lipinski definition) is 15. The van der Waals surface area contributed by atoms with Crippen molar-refractivity contribution in [1.29, 1.82) is 0 Å². The number of aryl methyl sites for hydroxylation is 1. The first-order chi connectivity index (χ1) is 38.4. The maximum absolute atomic E-state index is 14.5. The lowest BCUT2D eigenvalue weighted by molar-refractivity contribution is -0.141. The van der Waals surface area contributed by atoms with Gasteiger partial charge in [-0.15, -0.1) is 11.3 Å². The molecule has 4 atom stereocenters. The van der Waals surface area contributed by atoms with Crippen molar-refractivity contribution in [2.45, 2.75) is 83.8 Å². The van der Waals surface area contributed by atoms with Crippen molar-refractivity contribution < 1.29 is 47.4 Å². The molecule has 19 heteroatoms. The number of nitrogens with zero attached hydrogens (tertiary/aromatic N) is 6.